The first-order valence-electron chi connectivity index (χ1n) is 20.2. The number of rotatable bonds is 14. The van der Waals surface area contributed by atoms with Crippen molar-refractivity contribution in [3.8, 4) is 40.1 Å². The number of aliphatic hydroxyl groups excluding tert-OH is 7. The van der Waals surface area contributed by atoms with Crippen molar-refractivity contribution >= 4 is 40.9 Å². The number of phenols is 2. The van der Waals surface area contributed by atoms with Crippen molar-refractivity contribution in [1.82, 2.24) is 0 Å². The van der Waals surface area contributed by atoms with E-state index in [0.717, 1.165) is 24.3 Å². The molecule has 3 aliphatic rings. The third-order valence-corrected chi connectivity index (χ3v) is 11.0. The van der Waals surface area contributed by atoms with Gasteiger partial charge < -0.3 is 104 Å². The van der Waals surface area contributed by atoms with Gasteiger partial charge in [-0.3, -0.25) is 4.79 Å². The number of carboxylic acids is 3. The number of carbonyl (C=O) groups excluding carboxylic acids is 1. The summed E-state index contributed by atoms with van der Waals surface area (Å²) in [6.45, 7) is 0. The first-order chi connectivity index (χ1) is 32.7. The van der Waals surface area contributed by atoms with Gasteiger partial charge in [0.1, 0.15) is 76.7 Å². The van der Waals surface area contributed by atoms with Crippen LogP contribution in [-0.4, -0.2) is 184 Å². The summed E-state index contributed by atoms with van der Waals surface area (Å²) in [4.78, 5) is 61.9. The van der Waals surface area contributed by atoms with E-state index < -0.39 is 127 Å². The number of carbonyl (C=O) groups is 4. The average Bonchev–Trinajstić information content (AvgIpc) is 3.30. The first-order valence-corrected chi connectivity index (χ1v) is 20.2. The highest BCUT2D eigenvalue weighted by Crippen LogP contribution is 2.36. The lowest BCUT2D eigenvalue weighted by molar-refractivity contribution is -0.350. The molecule has 0 aliphatic carbocycles. The van der Waals surface area contributed by atoms with E-state index in [2.05, 4.69) is 0 Å². The Bertz CT molecular complexity index is 2650. The lowest BCUT2D eigenvalue weighted by Gasteiger charge is -2.45. The van der Waals surface area contributed by atoms with Crippen LogP contribution in [0.5, 0.6) is 28.7 Å². The van der Waals surface area contributed by atoms with Crippen LogP contribution < -0.4 is 19.6 Å². The van der Waals surface area contributed by atoms with Crippen LogP contribution in [0.3, 0.4) is 0 Å². The molecule has 4 aromatic rings. The largest absolute Gasteiger partial charge is 0.507 e. The number of phenolic OH excluding ortho intramolecular Hbond substituents is 2. The molecular weight excluding hydrogens is 932 g/mol. The summed E-state index contributed by atoms with van der Waals surface area (Å²) >= 11 is 0. The number of hydrogen-bond donors (Lipinski definition) is 12. The van der Waals surface area contributed by atoms with Gasteiger partial charge in [0, 0.05) is 29.8 Å². The zero-order valence-corrected chi connectivity index (χ0v) is 35.2. The molecule has 26 nitrogen and oxygen atoms in total. The number of aliphatic hydroxyl groups is 7. The number of methoxy groups -OCH3 is 1. The summed E-state index contributed by atoms with van der Waals surface area (Å²) in [7, 11) is 1.28. The number of esters is 1. The number of benzene rings is 3. The maximum atomic E-state index is 13.2. The molecule has 15 atom stereocenters. The molecule has 0 radical (unpaired) electrons. The summed E-state index contributed by atoms with van der Waals surface area (Å²) in [6.07, 6.45) is -29.6. The molecule has 4 heterocycles. The third kappa shape index (κ3) is 10.4. The smallest absolute Gasteiger partial charge is 0.335 e. The van der Waals surface area contributed by atoms with Gasteiger partial charge in [-0.25, -0.2) is 19.2 Å². The zero-order chi connectivity index (χ0) is 50.2. The predicted molar refractivity (Wildman–Crippen MR) is 220 cm³/mol. The molecule has 370 valence electrons. The van der Waals surface area contributed by atoms with E-state index in [1.165, 1.54) is 55.7 Å². The summed E-state index contributed by atoms with van der Waals surface area (Å²) < 4.78 is 49.3. The van der Waals surface area contributed by atoms with E-state index in [-0.39, 0.29) is 45.3 Å². The van der Waals surface area contributed by atoms with Crippen molar-refractivity contribution in [2.75, 3.05) is 7.11 Å². The van der Waals surface area contributed by atoms with E-state index in [4.69, 9.17) is 42.3 Å². The van der Waals surface area contributed by atoms with Crippen molar-refractivity contribution in [2.24, 2.45) is 0 Å². The predicted octanol–water partition coefficient (Wildman–Crippen LogP) is -2.40. The number of ether oxygens (including phenoxy) is 8. The summed E-state index contributed by atoms with van der Waals surface area (Å²) in [6, 6.07) is 12.1. The zero-order valence-electron chi connectivity index (χ0n) is 35.2. The Hall–Kier alpha value is -6.95. The SMILES string of the molecule is COc1cc(C=CC(=O)O[C@H]2[C@@H](O[C@@H]3[C@H](Oc4ccc(-c5cc(=O)c6c(O)cc(O[C@@H]7O[C@@H](C(=O)O)[C@@H](O)[C@H](O)[C@H]7O)cc6o5)cc4)O[C@H](C(=O)O)[C@H](O)[C@H]3O)O[C@@H](C(=O)O)[C@H](O)[C@H]2O)ccc1O. The van der Waals surface area contributed by atoms with Gasteiger partial charge in [0.15, 0.2) is 53.7 Å². The highest BCUT2D eigenvalue weighted by atomic mass is 16.8. The van der Waals surface area contributed by atoms with Crippen LogP contribution in [0.25, 0.3) is 28.4 Å². The Balaban J connectivity index is 1.13. The Morgan fingerprint density at radius 1 is 0.594 bits per heavy atom. The minimum Gasteiger partial charge on any atom is -0.507 e. The molecule has 3 fully saturated rings. The second-order valence-corrected chi connectivity index (χ2v) is 15.5. The van der Waals surface area contributed by atoms with Crippen molar-refractivity contribution in [3.05, 3.63) is 82.5 Å². The van der Waals surface area contributed by atoms with E-state index in [1.807, 2.05) is 0 Å². The summed E-state index contributed by atoms with van der Waals surface area (Å²) in [5.41, 5.74) is -0.606. The first kappa shape index (κ1) is 49.9. The van der Waals surface area contributed by atoms with Crippen LogP contribution in [0, 0.1) is 0 Å². The standard InChI is InChI=1S/C43H42O26/c1-61-22-10-14(2-8-18(22)44)3-9-24(47)65-36-30(52)28(50)35(40(59)60)68-43(36)69-37-31(53)29(51)34(39(57)58)67-42(37)62-16-6-4-15(5-7-16)21-13-20(46)25-19(45)11-17(12-23(25)64-21)63-41-32(54)26(48)27(49)33(66-41)38(55)56/h2-13,26-37,41-45,48-54H,1H3,(H,55,56)(H,57,58)(H,59,60)/t26-,27-,28+,29+,30+,31+,32+,33+,34-,35+,36+,37-,41+,42+,43+/m0/s1. The van der Waals surface area contributed by atoms with Crippen LogP contribution in [0.4, 0.5) is 0 Å². The van der Waals surface area contributed by atoms with Gasteiger partial charge in [0.2, 0.25) is 12.6 Å². The lowest BCUT2D eigenvalue weighted by Crippen LogP contribution is -2.66. The molecule has 3 aliphatic heterocycles. The molecule has 7 rings (SSSR count). The fourth-order valence-corrected chi connectivity index (χ4v) is 7.42. The van der Waals surface area contributed by atoms with Crippen LogP contribution in [0.1, 0.15) is 5.56 Å². The Kier molecular flexibility index (Phi) is 14.7. The molecular formula is C43H42O26. The van der Waals surface area contributed by atoms with E-state index >= 15 is 0 Å². The molecule has 26 heteroatoms. The van der Waals surface area contributed by atoms with Gasteiger partial charge in [-0.1, -0.05) is 6.07 Å². The third-order valence-electron chi connectivity index (χ3n) is 11.0. The van der Waals surface area contributed by atoms with Crippen LogP contribution in [0.2, 0.25) is 0 Å². The van der Waals surface area contributed by atoms with Crippen LogP contribution >= 0.6 is 0 Å². The molecule has 0 saturated carbocycles. The quantitative estimate of drug-likeness (QED) is 0.0463. The molecule has 0 spiro atoms. The van der Waals surface area contributed by atoms with Crippen LogP contribution in [-0.2, 0) is 42.9 Å². The summed E-state index contributed by atoms with van der Waals surface area (Å²) in [5, 5.41) is 123. The van der Waals surface area contributed by atoms with Crippen molar-refractivity contribution < 1.29 is 123 Å². The number of aromatic hydroxyl groups is 2. The molecule has 1 aromatic heterocycles. The molecule has 12 N–H and O–H groups in total. The Labute approximate surface area is 385 Å². The number of carboxylic acid groups (broad SMARTS) is 3. The maximum absolute atomic E-state index is 13.2. The average molecular weight is 975 g/mol. The topological polar surface area (TPSA) is 415 Å². The number of aliphatic carboxylic acids is 3. The molecule has 0 amide bonds. The van der Waals surface area contributed by atoms with Crippen molar-refractivity contribution in [1.29, 1.82) is 0 Å². The normalized spacial score (nSPS) is 31.4. The van der Waals surface area contributed by atoms with Crippen molar-refractivity contribution in [2.45, 2.75) is 92.1 Å². The van der Waals surface area contributed by atoms with Gasteiger partial charge in [-0.15, -0.1) is 0 Å². The second kappa shape index (κ2) is 20.3. The number of fused-ring (bicyclic) bond motifs is 1. The molecule has 3 aromatic carbocycles. The highest BCUT2D eigenvalue weighted by Gasteiger charge is 2.55. The van der Waals surface area contributed by atoms with Gasteiger partial charge in [-0.2, -0.15) is 0 Å². The second-order valence-electron chi connectivity index (χ2n) is 15.5. The fraction of sp³-hybridized carbons (Fsp3) is 0.372. The summed E-state index contributed by atoms with van der Waals surface area (Å²) in [5.74, 6) is -8.00. The maximum Gasteiger partial charge on any atom is 0.335 e. The van der Waals surface area contributed by atoms with Crippen molar-refractivity contribution in [3.63, 3.8) is 0 Å². The Morgan fingerprint density at radius 2 is 1.16 bits per heavy atom. The molecule has 0 bridgehead atoms. The molecule has 0 unspecified atom stereocenters. The van der Waals surface area contributed by atoms with Gasteiger partial charge in [0.25, 0.3) is 0 Å². The Morgan fingerprint density at radius 3 is 1.77 bits per heavy atom. The fourth-order valence-electron chi connectivity index (χ4n) is 7.42. The monoisotopic (exact) mass is 974 g/mol. The molecule has 69 heavy (non-hydrogen) atoms. The van der Waals surface area contributed by atoms with Crippen LogP contribution in [0.15, 0.2) is 76.0 Å². The van der Waals surface area contributed by atoms with Gasteiger partial charge in [0.05, 0.1) is 7.11 Å². The lowest BCUT2D eigenvalue weighted by atomic mass is 9.96. The van der Waals surface area contributed by atoms with E-state index in [9.17, 15) is 85.3 Å². The molecule has 3 saturated heterocycles. The van der Waals surface area contributed by atoms with Gasteiger partial charge >= 0.3 is 23.9 Å². The van der Waals surface area contributed by atoms with Gasteiger partial charge in [-0.05, 0) is 48.0 Å². The minimum atomic E-state index is -2.25. The number of hydrogen-bond acceptors (Lipinski definition) is 23. The van der Waals surface area contributed by atoms with E-state index in [1.54, 1.807) is 0 Å². The van der Waals surface area contributed by atoms with E-state index in [0.29, 0.717) is 5.56 Å². The minimum absolute atomic E-state index is 0.0513. The highest BCUT2D eigenvalue weighted by molar-refractivity contribution is 5.88.